The Labute approximate surface area is 141 Å². The van der Waals surface area contributed by atoms with Gasteiger partial charge in [0.2, 0.25) is 0 Å². The topological polar surface area (TPSA) is 47.9 Å². The van der Waals surface area contributed by atoms with Gasteiger partial charge in [0.05, 0.1) is 6.20 Å². The molecule has 1 saturated heterocycles. The number of aromatic nitrogens is 2. The van der Waals surface area contributed by atoms with Gasteiger partial charge >= 0.3 is 0 Å². The molecule has 4 rings (SSSR count). The SMILES string of the molecule is c1ccc(-c2cc(C[NH+]3CCN(c4cccc[nH+]4)CC3)no2)cc1. The van der Waals surface area contributed by atoms with Crippen LogP contribution >= 0.6 is 0 Å². The average molecular weight is 322 g/mol. The van der Waals surface area contributed by atoms with E-state index < -0.39 is 0 Å². The molecule has 2 aromatic heterocycles. The van der Waals surface area contributed by atoms with E-state index in [-0.39, 0.29) is 0 Å². The van der Waals surface area contributed by atoms with E-state index in [1.165, 1.54) is 5.82 Å². The molecule has 3 heterocycles. The van der Waals surface area contributed by atoms with Crippen molar-refractivity contribution < 1.29 is 14.4 Å². The first kappa shape index (κ1) is 14.9. The van der Waals surface area contributed by atoms with E-state index in [1.807, 2.05) is 42.6 Å². The summed E-state index contributed by atoms with van der Waals surface area (Å²) < 4.78 is 5.50. The number of rotatable bonds is 4. The molecule has 0 spiro atoms. The van der Waals surface area contributed by atoms with Crippen molar-refractivity contribution >= 4 is 5.82 Å². The Bertz CT molecular complexity index is 764. The van der Waals surface area contributed by atoms with Gasteiger partial charge in [0.25, 0.3) is 5.82 Å². The number of quaternary nitrogens is 1. The third-order valence-corrected chi connectivity index (χ3v) is 4.55. The Kier molecular flexibility index (Phi) is 4.25. The van der Waals surface area contributed by atoms with Crippen LogP contribution in [-0.4, -0.2) is 31.3 Å². The van der Waals surface area contributed by atoms with Crippen molar-refractivity contribution in [1.82, 2.24) is 5.16 Å². The van der Waals surface area contributed by atoms with Gasteiger partial charge in [-0.15, -0.1) is 0 Å². The molecule has 1 aliphatic heterocycles. The Hall–Kier alpha value is -2.66. The smallest absolute Gasteiger partial charge is 0.274 e. The van der Waals surface area contributed by atoms with Crippen LogP contribution < -0.4 is 14.8 Å². The standard InChI is InChI=1S/C19H20N4O/c1-2-6-16(7-3-1)18-14-17(21-24-18)15-22-10-12-23(13-11-22)19-8-4-5-9-20-19/h1-9,14H,10-13,15H2/p+2. The lowest BCUT2D eigenvalue weighted by atomic mass is 10.1. The first-order valence-electron chi connectivity index (χ1n) is 8.45. The molecule has 0 saturated carbocycles. The summed E-state index contributed by atoms with van der Waals surface area (Å²) in [6, 6.07) is 18.4. The molecule has 0 radical (unpaired) electrons. The molecule has 122 valence electrons. The summed E-state index contributed by atoms with van der Waals surface area (Å²) in [7, 11) is 0. The number of pyridine rings is 1. The highest BCUT2D eigenvalue weighted by molar-refractivity contribution is 5.56. The van der Waals surface area contributed by atoms with Gasteiger partial charge in [-0.3, -0.25) is 4.90 Å². The van der Waals surface area contributed by atoms with Crippen LogP contribution in [0.3, 0.4) is 0 Å². The normalized spacial score (nSPS) is 15.6. The van der Waals surface area contributed by atoms with Crippen molar-refractivity contribution in [3.63, 3.8) is 0 Å². The van der Waals surface area contributed by atoms with Crippen LogP contribution in [0.5, 0.6) is 0 Å². The molecule has 2 N–H and O–H groups in total. The van der Waals surface area contributed by atoms with E-state index in [1.54, 1.807) is 4.90 Å². The fourth-order valence-corrected chi connectivity index (χ4v) is 3.21. The summed E-state index contributed by atoms with van der Waals surface area (Å²) in [5.74, 6) is 2.05. The fourth-order valence-electron chi connectivity index (χ4n) is 3.21. The number of hydrogen-bond donors (Lipinski definition) is 1. The van der Waals surface area contributed by atoms with Crippen molar-refractivity contribution in [2.45, 2.75) is 6.54 Å². The molecule has 0 atom stereocenters. The van der Waals surface area contributed by atoms with Gasteiger partial charge in [-0.2, -0.15) is 0 Å². The maximum Gasteiger partial charge on any atom is 0.274 e. The van der Waals surface area contributed by atoms with Gasteiger partial charge in [0, 0.05) is 17.7 Å². The summed E-state index contributed by atoms with van der Waals surface area (Å²) in [6.45, 7) is 5.24. The molecule has 1 aliphatic rings. The molecule has 0 unspecified atom stereocenters. The van der Waals surface area contributed by atoms with Crippen LogP contribution in [0.15, 0.2) is 65.3 Å². The Morgan fingerprint density at radius 3 is 2.58 bits per heavy atom. The van der Waals surface area contributed by atoms with Gasteiger partial charge < -0.3 is 9.42 Å². The Morgan fingerprint density at radius 1 is 1.04 bits per heavy atom. The molecule has 5 heteroatoms. The van der Waals surface area contributed by atoms with Crippen molar-refractivity contribution in [3.05, 3.63) is 66.5 Å². The summed E-state index contributed by atoms with van der Waals surface area (Å²) in [5, 5.41) is 4.25. The van der Waals surface area contributed by atoms with Gasteiger partial charge in [-0.25, -0.2) is 4.98 Å². The van der Waals surface area contributed by atoms with Gasteiger partial charge in [-0.05, 0) is 6.07 Å². The number of aromatic amines is 1. The van der Waals surface area contributed by atoms with Crippen LogP contribution in [0.2, 0.25) is 0 Å². The highest BCUT2D eigenvalue weighted by Gasteiger charge is 2.26. The van der Waals surface area contributed by atoms with Crippen molar-refractivity contribution in [3.8, 4) is 11.3 Å². The Balaban J connectivity index is 1.35. The van der Waals surface area contributed by atoms with E-state index in [0.29, 0.717) is 0 Å². The number of nitrogens with one attached hydrogen (secondary N) is 2. The van der Waals surface area contributed by atoms with E-state index in [9.17, 15) is 0 Å². The summed E-state index contributed by atoms with van der Waals surface area (Å²) >= 11 is 0. The highest BCUT2D eigenvalue weighted by Crippen LogP contribution is 2.19. The maximum atomic E-state index is 5.50. The predicted octanol–water partition coefficient (Wildman–Crippen LogP) is 1.06. The minimum atomic E-state index is 0.850. The fraction of sp³-hybridized carbons (Fsp3) is 0.263. The quantitative estimate of drug-likeness (QED) is 0.781. The first-order chi connectivity index (χ1) is 11.9. The van der Waals surface area contributed by atoms with Gasteiger partial charge in [0.15, 0.2) is 5.76 Å². The van der Waals surface area contributed by atoms with Crippen LogP contribution in [0.4, 0.5) is 5.82 Å². The molecule has 24 heavy (non-hydrogen) atoms. The van der Waals surface area contributed by atoms with E-state index in [4.69, 9.17) is 4.52 Å². The zero-order chi connectivity index (χ0) is 16.2. The number of hydrogen-bond acceptors (Lipinski definition) is 3. The lowest BCUT2D eigenvalue weighted by molar-refractivity contribution is -0.914. The van der Waals surface area contributed by atoms with Crippen molar-refractivity contribution in [2.75, 3.05) is 31.1 Å². The number of nitrogens with zero attached hydrogens (tertiary/aromatic N) is 2. The average Bonchev–Trinajstić information content (AvgIpc) is 3.12. The minimum absolute atomic E-state index is 0.850. The van der Waals surface area contributed by atoms with E-state index >= 15 is 0 Å². The maximum absolute atomic E-state index is 5.50. The van der Waals surface area contributed by atoms with Crippen molar-refractivity contribution in [1.29, 1.82) is 0 Å². The largest absolute Gasteiger partial charge is 0.356 e. The van der Waals surface area contributed by atoms with Crippen molar-refractivity contribution in [2.24, 2.45) is 0 Å². The molecular formula is C19H22N4O+2. The first-order valence-corrected chi connectivity index (χ1v) is 8.45. The number of H-pyrrole nitrogens is 1. The van der Waals surface area contributed by atoms with Gasteiger partial charge in [0.1, 0.15) is 38.4 Å². The zero-order valence-corrected chi connectivity index (χ0v) is 13.6. The third kappa shape index (κ3) is 3.31. The highest BCUT2D eigenvalue weighted by atomic mass is 16.5. The van der Waals surface area contributed by atoms with E-state index in [2.05, 4.69) is 33.2 Å². The molecule has 5 nitrogen and oxygen atoms in total. The Morgan fingerprint density at radius 2 is 1.83 bits per heavy atom. The number of anilines is 1. The van der Waals surface area contributed by atoms with Crippen LogP contribution in [0.1, 0.15) is 5.69 Å². The lowest BCUT2D eigenvalue weighted by Crippen LogP contribution is -3.13. The molecule has 0 bridgehead atoms. The number of benzene rings is 1. The minimum Gasteiger partial charge on any atom is -0.356 e. The molecule has 1 fully saturated rings. The molecular weight excluding hydrogens is 300 g/mol. The molecule has 0 amide bonds. The van der Waals surface area contributed by atoms with Crippen LogP contribution in [-0.2, 0) is 6.54 Å². The van der Waals surface area contributed by atoms with E-state index in [0.717, 1.165) is 49.7 Å². The second-order valence-electron chi connectivity index (χ2n) is 6.21. The lowest BCUT2D eigenvalue weighted by Gasteiger charge is -2.27. The second-order valence-corrected chi connectivity index (χ2v) is 6.21. The molecule has 0 aliphatic carbocycles. The molecule has 3 aromatic rings. The molecule has 1 aromatic carbocycles. The third-order valence-electron chi connectivity index (χ3n) is 4.55. The zero-order valence-electron chi connectivity index (χ0n) is 13.6. The van der Waals surface area contributed by atoms with Crippen LogP contribution in [0, 0.1) is 0 Å². The summed E-state index contributed by atoms with van der Waals surface area (Å²) in [4.78, 5) is 7.27. The number of piperazine rings is 1. The predicted molar refractivity (Wildman–Crippen MR) is 91.6 cm³/mol. The monoisotopic (exact) mass is 322 g/mol. The summed E-state index contributed by atoms with van der Waals surface area (Å²) in [5.41, 5.74) is 2.11. The van der Waals surface area contributed by atoms with Gasteiger partial charge in [-0.1, -0.05) is 41.6 Å². The van der Waals surface area contributed by atoms with Crippen LogP contribution in [0.25, 0.3) is 11.3 Å². The summed E-state index contributed by atoms with van der Waals surface area (Å²) in [6.07, 6.45) is 1.98. The second kappa shape index (κ2) is 6.84.